The number of benzene rings is 1. The molecule has 1 aromatic rings. The number of carbonyl (C=O) groups excluding carboxylic acids is 3. The second-order valence-electron chi connectivity index (χ2n) is 7.96. The van der Waals surface area contributed by atoms with E-state index in [9.17, 15) is 19.6 Å². The molecular weight excluding hydrogens is 388 g/mol. The highest BCUT2D eigenvalue weighted by atomic mass is 16.6. The molecule has 0 bridgehead atoms. The zero-order valence-corrected chi connectivity index (χ0v) is 17.5. The SMILES string of the molecule is CC(C)(C)OC(=O)NC[C@H](NC(=O)OCc1ccccc1)C(=O)N1CCC[C@H]1C#N. The number of nitriles is 1. The summed E-state index contributed by atoms with van der Waals surface area (Å²) in [6.07, 6.45) is -0.226. The third-order valence-corrected chi connectivity index (χ3v) is 4.34. The molecule has 9 nitrogen and oxygen atoms in total. The van der Waals surface area contributed by atoms with Crippen molar-refractivity contribution in [3.05, 3.63) is 35.9 Å². The Morgan fingerprint density at radius 1 is 1.23 bits per heavy atom. The van der Waals surface area contributed by atoms with Crippen molar-refractivity contribution in [2.45, 2.75) is 57.9 Å². The van der Waals surface area contributed by atoms with Gasteiger partial charge in [-0.2, -0.15) is 5.26 Å². The number of hydrogen-bond donors (Lipinski definition) is 2. The van der Waals surface area contributed by atoms with Crippen molar-refractivity contribution in [1.82, 2.24) is 15.5 Å². The van der Waals surface area contributed by atoms with Gasteiger partial charge in [-0.15, -0.1) is 0 Å². The van der Waals surface area contributed by atoms with Gasteiger partial charge in [0.05, 0.1) is 12.6 Å². The number of hydrogen-bond acceptors (Lipinski definition) is 6. The lowest BCUT2D eigenvalue weighted by Gasteiger charge is -2.27. The Labute approximate surface area is 176 Å². The van der Waals surface area contributed by atoms with Crippen LogP contribution >= 0.6 is 0 Å². The maximum atomic E-state index is 12.9. The zero-order chi connectivity index (χ0) is 22.1. The van der Waals surface area contributed by atoms with Crippen molar-refractivity contribution < 1.29 is 23.9 Å². The highest BCUT2D eigenvalue weighted by Gasteiger charge is 2.34. The normalized spacial score (nSPS) is 16.9. The Bertz CT molecular complexity index is 785. The van der Waals surface area contributed by atoms with Gasteiger partial charge >= 0.3 is 12.2 Å². The van der Waals surface area contributed by atoms with E-state index in [2.05, 4.69) is 16.7 Å². The minimum Gasteiger partial charge on any atom is -0.445 e. The number of amides is 3. The van der Waals surface area contributed by atoms with Gasteiger partial charge in [0.25, 0.3) is 0 Å². The van der Waals surface area contributed by atoms with E-state index in [4.69, 9.17) is 9.47 Å². The van der Waals surface area contributed by atoms with Gasteiger partial charge in [0, 0.05) is 6.54 Å². The van der Waals surface area contributed by atoms with Crippen LogP contribution in [0.1, 0.15) is 39.2 Å². The van der Waals surface area contributed by atoms with E-state index in [1.54, 1.807) is 20.8 Å². The number of carbonyl (C=O) groups is 3. The number of ether oxygens (including phenoxy) is 2. The molecule has 1 aliphatic rings. The van der Waals surface area contributed by atoms with Gasteiger partial charge in [-0.05, 0) is 39.2 Å². The Balaban J connectivity index is 2.00. The Morgan fingerprint density at radius 3 is 2.57 bits per heavy atom. The second-order valence-corrected chi connectivity index (χ2v) is 7.96. The fourth-order valence-electron chi connectivity index (χ4n) is 2.97. The molecule has 30 heavy (non-hydrogen) atoms. The highest BCUT2D eigenvalue weighted by molar-refractivity contribution is 5.87. The summed E-state index contributed by atoms with van der Waals surface area (Å²) in [5.41, 5.74) is 0.0958. The molecule has 0 radical (unpaired) electrons. The summed E-state index contributed by atoms with van der Waals surface area (Å²) < 4.78 is 10.4. The summed E-state index contributed by atoms with van der Waals surface area (Å²) in [6, 6.07) is 9.56. The largest absolute Gasteiger partial charge is 0.445 e. The summed E-state index contributed by atoms with van der Waals surface area (Å²) in [6.45, 7) is 5.42. The molecule has 162 valence electrons. The van der Waals surface area contributed by atoms with E-state index in [0.717, 1.165) is 5.56 Å². The topological polar surface area (TPSA) is 121 Å². The van der Waals surface area contributed by atoms with Gasteiger partial charge in [-0.3, -0.25) is 4.79 Å². The van der Waals surface area contributed by atoms with E-state index < -0.39 is 35.8 Å². The maximum absolute atomic E-state index is 12.9. The predicted molar refractivity (Wildman–Crippen MR) is 108 cm³/mol. The first-order chi connectivity index (χ1) is 14.2. The van der Waals surface area contributed by atoms with Crippen molar-refractivity contribution in [2.75, 3.05) is 13.1 Å². The van der Waals surface area contributed by atoms with Crippen LogP contribution in [0.25, 0.3) is 0 Å². The average molecular weight is 416 g/mol. The smallest absolute Gasteiger partial charge is 0.408 e. The van der Waals surface area contributed by atoms with Crippen LogP contribution in [0.2, 0.25) is 0 Å². The van der Waals surface area contributed by atoms with Crippen molar-refractivity contribution in [3.63, 3.8) is 0 Å². The molecule has 1 fully saturated rings. The van der Waals surface area contributed by atoms with Gasteiger partial charge in [0.1, 0.15) is 24.3 Å². The average Bonchev–Trinajstić information content (AvgIpc) is 3.17. The number of nitrogens with zero attached hydrogens (tertiary/aromatic N) is 2. The molecule has 0 unspecified atom stereocenters. The summed E-state index contributed by atoms with van der Waals surface area (Å²) in [4.78, 5) is 38.6. The van der Waals surface area contributed by atoms with E-state index in [-0.39, 0.29) is 13.2 Å². The van der Waals surface area contributed by atoms with Crippen LogP contribution in [0.4, 0.5) is 9.59 Å². The standard InChI is InChI=1S/C21H28N4O5/c1-21(2,3)30-19(27)23-13-17(18(26)25-11-7-10-16(25)12-22)24-20(28)29-14-15-8-5-4-6-9-15/h4-6,8-9,16-17H,7,10-11,13-14H2,1-3H3,(H,23,27)(H,24,28)/t16-,17-/m0/s1. The molecule has 0 aromatic heterocycles. The maximum Gasteiger partial charge on any atom is 0.408 e. The lowest BCUT2D eigenvalue weighted by molar-refractivity contribution is -0.133. The Morgan fingerprint density at radius 2 is 1.93 bits per heavy atom. The number of likely N-dealkylation sites (tertiary alicyclic amines) is 1. The minimum atomic E-state index is -1.09. The molecule has 3 amide bonds. The van der Waals surface area contributed by atoms with Crippen LogP contribution < -0.4 is 10.6 Å². The zero-order valence-electron chi connectivity index (χ0n) is 17.5. The molecule has 1 aliphatic heterocycles. The first-order valence-electron chi connectivity index (χ1n) is 9.84. The quantitative estimate of drug-likeness (QED) is 0.734. The van der Waals surface area contributed by atoms with Crippen LogP contribution in [0.3, 0.4) is 0 Å². The van der Waals surface area contributed by atoms with Gasteiger partial charge in [-0.1, -0.05) is 30.3 Å². The van der Waals surface area contributed by atoms with Gasteiger partial charge in [0.2, 0.25) is 5.91 Å². The van der Waals surface area contributed by atoms with E-state index in [1.807, 2.05) is 30.3 Å². The molecular formula is C21H28N4O5. The first kappa shape index (κ1) is 23.0. The third kappa shape index (κ3) is 7.28. The fourth-order valence-corrected chi connectivity index (χ4v) is 2.97. The lowest BCUT2D eigenvalue weighted by atomic mass is 10.2. The molecule has 2 N–H and O–H groups in total. The molecule has 0 spiro atoms. The van der Waals surface area contributed by atoms with E-state index >= 15 is 0 Å². The molecule has 1 saturated heterocycles. The summed E-state index contributed by atoms with van der Waals surface area (Å²) in [7, 11) is 0. The van der Waals surface area contributed by atoms with E-state index in [0.29, 0.717) is 19.4 Å². The monoisotopic (exact) mass is 416 g/mol. The van der Waals surface area contributed by atoms with Crippen LogP contribution in [-0.4, -0.2) is 53.8 Å². The van der Waals surface area contributed by atoms with Crippen LogP contribution in [0.5, 0.6) is 0 Å². The predicted octanol–water partition coefficient (Wildman–Crippen LogP) is 2.32. The minimum absolute atomic E-state index is 0.0393. The summed E-state index contributed by atoms with van der Waals surface area (Å²) in [5, 5.41) is 14.2. The van der Waals surface area contributed by atoms with Gasteiger partial charge in [-0.25, -0.2) is 9.59 Å². The molecule has 0 saturated carbocycles. The Kier molecular flexibility index (Phi) is 8.04. The lowest BCUT2D eigenvalue weighted by Crippen LogP contribution is -2.55. The third-order valence-electron chi connectivity index (χ3n) is 4.34. The van der Waals surface area contributed by atoms with Crippen molar-refractivity contribution >= 4 is 18.1 Å². The Hall–Kier alpha value is -3.28. The molecule has 2 atom stereocenters. The van der Waals surface area contributed by atoms with Gasteiger partial charge in [0.15, 0.2) is 0 Å². The summed E-state index contributed by atoms with van der Waals surface area (Å²) in [5.74, 6) is -0.452. The second kappa shape index (κ2) is 10.5. The number of alkyl carbamates (subject to hydrolysis) is 2. The fraction of sp³-hybridized carbons (Fsp3) is 0.524. The molecule has 1 heterocycles. The number of nitrogens with one attached hydrogen (secondary N) is 2. The van der Waals surface area contributed by atoms with Gasteiger partial charge < -0.3 is 25.0 Å². The molecule has 2 rings (SSSR count). The first-order valence-corrected chi connectivity index (χ1v) is 9.84. The van der Waals surface area contributed by atoms with Crippen LogP contribution in [0, 0.1) is 11.3 Å². The molecule has 0 aliphatic carbocycles. The highest BCUT2D eigenvalue weighted by Crippen LogP contribution is 2.17. The van der Waals surface area contributed by atoms with Crippen molar-refractivity contribution in [2.24, 2.45) is 0 Å². The van der Waals surface area contributed by atoms with Crippen LogP contribution in [0.15, 0.2) is 30.3 Å². The summed E-state index contributed by atoms with van der Waals surface area (Å²) >= 11 is 0. The number of rotatable bonds is 6. The van der Waals surface area contributed by atoms with E-state index in [1.165, 1.54) is 4.90 Å². The van der Waals surface area contributed by atoms with Crippen LogP contribution in [-0.2, 0) is 20.9 Å². The van der Waals surface area contributed by atoms with Crippen molar-refractivity contribution in [3.8, 4) is 6.07 Å². The van der Waals surface area contributed by atoms with Crippen molar-refractivity contribution in [1.29, 1.82) is 5.26 Å². The molecule has 9 heteroatoms. The molecule has 1 aromatic carbocycles.